The van der Waals surface area contributed by atoms with Crippen molar-refractivity contribution >= 4 is 17.2 Å². The third kappa shape index (κ3) is 5.09. The maximum atomic E-state index is 13.0. The van der Waals surface area contributed by atoms with Crippen molar-refractivity contribution in [2.24, 2.45) is 5.92 Å². The van der Waals surface area contributed by atoms with E-state index in [-0.39, 0.29) is 11.7 Å². The van der Waals surface area contributed by atoms with Gasteiger partial charge in [-0.05, 0) is 48.7 Å². The van der Waals surface area contributed by atoms with Gasteiger partial charge in [-0.3, -0.25) is 0 Å². The van der Waals surface area contributed by atoms with Gasteiger partial charge in [-0.2, -0.15) is 8.78 Å². The number of ether oxygens (including phenoxy) is 1. The summed E-state index contributed by atoms with van der Waals surface area (Å²) in [4.78, 5) is 4.51. The number of anilines is 2. The fourth-order valence-electron chi connectivity index (χ4n) is 3.55. The normalized spacial score (nSPS) is 14.6. The number of benzene rings is 1. The van der Waals surface area contributed by atoms with Crippen LogP contribution in [0.1, 0.15) is 50.7 Å². The quantitative estimate of drug-likeness (QED) is 0.497. The van der Waals surface area contributed by atoms with E-state index in [1.807, 2.05) is 6.07 Å². The molecule has 29 heavy (non-hydrogen) atoms. The summed E-state index contributed by atoms with van der Waals surface area (Å²) in [5, 5.41) is 15.4. The van der Waals surface area contributed by atoms with Gasteiger partial charge in [0.25, 0.3) is 0 Å². The van der Waals surface area contributed by atoms with Gasteiger partial charge in [0, 0.05) is 55.0 Å². The van der Waals surface area contributed by atoms with Crippen LogP contribution >= 0.6 is 0 Å². The molecule has 1 aliphatic rings. The van der Waals surface area contributed by atoms with Crippen molar-refractivity contribution in [2.75, 3.05) is 18.4 Å². The molecule has 0 unspecified atom stereocenters. The van der Waals surface area contributed by atoms with Crippen molar-refractivity contribution in [1.29, 1.82) is 5.41 Å². The Hall–Kier alpha value is -2.54. The van der Waals surface area contributed by atoms with Crippen LogP contribution in [0.5, 0.6) is 5.75 Å². The summed E-state index contributed by atoms with van der Waals surface area (Å²) < 4.78 is 30.6. The number of halogens is 2. The molecule has 1 aromatic carbocycles. The van der Waals surface area contributed by atoms with Gasteiger partial charge in [0.1, 0.15) is 11.6 Å². The van der Waals surface area contributed by atoms with Crippen molar-refractivity contribution in [3.05, 3.63) is 47.7 Å². The first-order chi connectivity index (χ1) is 13.8. The molecule has 3 N–H and O–H groups in total. The molecule has 5 nitrogen and oxygen atoms in total. The van der Waals surface area contributed by atoms with E-state index in [1.54, 1.807) is 18.3 Å². The smallest absolute Gasteiger partial charge is 0.394 e. The van der Waals surface area contributed by atoms with Crippen LogP contribution in [-0.4, -0.2) is 29.9 Å². The number of hydrogen-bond donors (Lipinski definition) is 3. The summed E-state index contributed by atoms with van der Waals surface area (Å²) in [6.07, 6.45) is 0.320. The van der Waals surface area contributed by atoms with Gasteiger partial charge < -0.3 is 20.8 Å². The van der Waals surface area contributed by atoms with Crippen LogP contribution in [0.3, 0.4) is 0 Å². The Morgan fingerprint density at radius 1 is 1.24 bits per heavy atom. The number of alkyl halides is 2. The van der Waals surface area contributed by atoms with Crippen LogP contribution in [0.15, 0.2) is 36.5 Å². The number of pyridine rings is 1. The highest BCUT2D eigenvalue weighted by Gasteiger charge is 2.28. The van der Waals surface area contributed by atoms with Crippen molar-refractivity contribution < 1.29 is 13.5 Å². The molecule has 2 heterocycles. The highest BCUT2D eigenvalue weighted by atomic mass is 19.3. The van der Waals surface area contributed by atoms with Crippen molar-refractivity contribution in [2.45, 2.75) is 45.6 Å². The fourth-order valence-corrected chi connectivity index (χ4v) is 3.55. The van der Waals surface area contributed by atoms with E-state index in [0.29, 0.717) is 30.1 Å². The molecule has 0 saturated carbocycles. The molecule has 1 aromatic heterocycles. The summed E-state index contributed by atoms with van der Waals surface area (Å²) in [7, 11) is 0. The molecule has 2 aromatic rings. The minimum Gasteiger partial charge on any atom is -0.433 e. The molecule has 0 bridgehead atoms. The molecule has 0 aliphatic carbocycles. The lowest BCUT2D eigenvalue weighted by molar-refractivity contribution is -0.158. The first kappa shape index (κ1) is 21.2. The standard InChI is InChI=1S/C22H28F2N4O/c1-4-14(5-2)20(25)19-18(15-12-26-13-15)10-11-27-21(19)28-16-6-8-17(9-7-16)29-22(3,23)24/h6-11,14-15,25-26H,4-5,12-13H2,1-3H3,(H,27,28). The molecule has 1 fully saturated rings. The van der Waals surface area contributed by atoms with Gasteiger partial charge in [-0.25, -0.2) is 4.98 Å². The average Bonchev–Trinajstić information content (AvgIpc) is 2.62. The Balaban J connectivity index is 1.91. The summed E-state index contributed by atoms with van der Waals surface area (Å²) in [6.45, 7) is 6.69. The van der Waals surface area contributed by atoms with E-state index in [4.69, 9.17) is 5.41 Å². The zero-order chi connectivity index (χ0) is 21.0. The van der Waals surface area contributed by atoms with Gasteiger partial charge in [0.2, 0.25) is 0 Å². The second-order valence-electron chi connectivity index (χ2n) is 7.47. The van der Waals surface area contributed by atoms with Crippen LogP contribution in [-0.2, 0) is 0 Å². The molecular weight excluding hydrogens is 374 g/mol. The van der Waals surface area contributed by atoms with Crippen LogP contribution < -0.4 is 15.4 Å². The van der Waals surface area contributed by atoms with Crippen LogP contribution in [0.25, 0.3) is 0 Å². The minimum atomic E-state index is -3.22. The Labute approximate surface area is 170 Å². The molecule has 1 saturated heterocycles. The summed E-state index contributed by atoms with van der Waals surface area (Å²) in [5.41, 5.74) is 3.28. The van der Waals surface area contributed by atoms with Gasteiger partial charge in [0.15, 0.2) is 0 Å². The van der Waals surface area contributed by atoms with E-state index >= 15 is 0 Å². The molecule has 0 radical (unpaired) electrons. The number of hydrogen-bond acceptors (Lipinski definition) is 5. The lowest BCUT2D eigenvalue weighted by Gasteiger charge is -2.31. The summed E-state index contributed by atoms with van der Waals surface area (Å²) in [6, 6.07) is 8.33. The lowest BCUT2D eigenvalue weighted by Crippen LogP contribution is -2.41. The number of rotatable bonds is 9. The van der Waals surface area contributed by atoms with Crippen molar-refractivity contribution in [3.8, 4) is 5.75 Å². The molecule has 0 amide bonds. The van der Waals surface area contributed by atoms with E-state index in [0.717, 1.165) is 37.1 Å². The van der Waals surface area contributed by atoms with E-state index in [2.05, 4.69) is 34.2 Å². The topological polar surface area (TPSA) is 70.0 Å². The maximum Gasteiger partial charge on any atom is 0.394 e. The van der Waals surface area contributed by atoms with Gasteiger partial charge in [-0.15, -0.1) is 0 Å². The molecule has 0 spiro atoms. The highest BCUT2D eigenvalue weighted by Crippen LogP contribution is 2.33. The number of aromatic nitrogens is 1. The maximum absolute atomic E-state index is 13.0. The lowest BCUT2D eigenvalue weighted by atomic mass is 9.84. The largest absolute Gasteiger partial charge is 0.433 e. The Bertz CT molecular complexity index is 841. The summed E-state index contributed by atoms with van der Waals surface area (Å²) >= 11 is 0. The van der Waals surface area contributed by atoms with Crippen molar-refractivity contribution in [3.63, 3.8) is 0 Å². The Kier molecular flexibility index (Phi) is 6.47. The predicted octanol–water partition coefficient (Wildman–Crippen LogP) is 5.31. The average molecular weight is 402 g/mol. The van der Waals surface area contributed by atoms with Crippen molar-refractivity contribution in [1.82, 2.24) is 10.3 Å². The zero-order valence-electron chi connectivity index (χ0n) is 17.1. The van der Waals surface area contributed by atoms with E-state index in [1.165, 1.54) is 12.1 Å². The minimum absolute atomic E-state index is 0.0929. The molecule has 7 heteroatoms. The van der Waals surface area contributed by atoms with Crippen LogP contribution in [0.2, 0.25) is 0 Å². The zero-order valence-corrected chi connectivity index (χ0v) is 17.1. The SMILES string of the molecule is CCC(CC)C(=N)c1c(C2CNC2)ccnc1Nc1ccc(OC(C)(F)F)cc1. The van der Waals surface area contributed by atoms with Gasteiger partial charge in [-0.1, -0.05) is 13.8 Å². The van der Waals surface area contributed by atoms with E-state index in [9.17, 15) is 8.78 Å². The Morgan fingerprint density at radius 3 is 2.41 bits per heavy atom. The van der Waals surface area contributed by atoms with Crippen LogP contribution in [0.4, 0.5) is 20.3 Å². The molecule has 156 valence electrons. The first-order valence-corrected chi connectivity index (χ1v) is 10.0. The first-order valence-electron chi connectivity index (χ1n) is 10.0. The third-order valence-corrected chi connectivity index (χ3v) is 5.28. The second kappa shape index (κ2) is 8.86. The Morgan fingerprint density at radius 2 is 1.90 bits per heavy atom. The van der Waals surface area contributed by atoms with Gasteiger partial charge >= 0.3 is 6.11 Å². The molecule has 1 aliphatic heterocycles. The van der Waals surface area contributed by atoms with Gasteiger partial charge in [0.05, 0.1) is 0 Å². The summed E-state index contributed by atoms with van der Waals surface area (Å²) in [5.74, 6) is 1.25. The number of nitrogens with zero attached hydrogens (tertiary/aromatic N) is 1. The molecule has 0 atom stereocenters. The third-order valence-electron chi connectivity index (χ3n) is 5.28. The molecular formula is C22H28F2N4O. The monoisotopic (exact) mass is 402 g/mol. The highest BCUT2D eigenvalue weighted by molar-refractivity contribution is 6.05. The molecule has 3 rings (SSSR count). The van der Waals surface area contributed by atoms with Crippen LogP contribution in [0, 0.1) is 11.3 Å². The number of nitrogens with one attached hydrogen (secondary N) is 3. The predicted molar refractivity (Wildman–Crippen MR) is 112 cm³/mol. The second-order valence-corrected chi connectivity index (χ2v) is 7.47. The fraction of sp³-hybridized carbons (Fsp3) is 0.455. The van der Waals surface area contributed by atoms with E-state index < -0.39 is 6.11 Å².